The van der Waals surface area contributed by atoms with Crippen molar-refractivity contribution in [2.45, 2.75) is 0 Å². The van der Waals surface area contributed by atoms with Gasteiger partial charge in [0, 0.05) is 0 Å². The number of carboxylic acids is 1. The molecule has 7 heteroatoms. The minimum Gasteiger partial charge on any atom is -0.478 e. The van der Waals surface area contributed by atoms with Crippen molar-refractivity contribution in [2.24, 2.45) is 5.73 Å². The maximum Gasteiger partial charge on any atom is 0.363 e. The van der Waals surface area contributed by atoms with E-state index in [2.05, 4.69) is 10.6 Å². The number of hydrogen-bond donors (Lipinski definition) is 3. The van der Waals surface area contributed by atoms with Crippen molar-refractivity contribution >= 4 is 18.0 Å². The molecule has 0 bridgehead atoms. The van der Waals surface area contributed by atoms with E-state index in [1.54, 1.807) is 5.48 Å². The lowest BCUT2D eigenvalue weighted by atomic mass is 10.1. The van der Waals surface area contributed by atoms with E-state index in [-0.39, 0.29) is 11.1 Å². The Bertz CT molecular complexity index is 443. The predicted octanol–water partition coefficient (Wildman–Crippen LogP) is 0.125. The number of aromatic carboxylic acids is 1. The lowest BCUT2D eigenvalue weighted by Crippen LogP contribution is -2.32. The Morgan fingerprint density at radius 2 is 1.75 bits per heavy atom. The zero-order valence-electron chi connectivity index (χ0n) is 7.97. The normalized spacial score (nSPS) is 9.25. The minimum atomic E-state index is -1.27. The summed E-state index contributed by atoms with van der Waals surface area (Å²) in [5.74, 6) is -2.27. The fourth-order valence-electron chi connectivity index (χ4n) is 0.999. The first-order chi connectivity index (χ1) is 7.52. The van der Waals surface area contributed by atoms with E-state index in [1.807, 2.05) is 0 Å². The van der Waals surface area contributed by atoms with Crippen LogP contribution in [0.15, 0.2) is 24.3 Å². The van der Waals surface area contributed by atoms with Crippen molar-refractivity contribution in [3.8, 4) is 0 Å². The average Bonchev–Trinajstić information content (AvgIpc) is 2.25. The van der Waals surface area contributed by atoms with Crippen LogP contribution in [-0.4, -0.2) is 23.1 Å². The highest BCUT2D eigenvalue weighted by Crippen LogP contribution is 2.09. The van der Waals surface area contributed by atoms with E-state index in [4.69, 9.17) is 5.11 Å². The van der Waals surface area contributed by atoms with Crippen LogP contribution in [0, 0.1) is 0 Å². The maximum absolute atomic E-state index is 11.3. The van der Waals surface area contributed by atoms with Crippen LogP contribution in [0.5, 0.6) is 0 Å². The number of urea groups is 1. The van der Waals surface area contributed by atoms with Gasteiger partial charge in [-0.15, -0.1) is 0 Å². The summed E-state index contributed by atoms with van der Waals surface area (Å²) in [6.45, 7) is 0. The second-order valence-electron chi connectivity index (χ2n) is 2.71. The van der Waals surface area contributed by atoms with Crippen LogP contribution < -0.4 is 11.2 Å². The molecule has 2 amide bonds. The number of hydrogen-bond acceptors (Lipinski definition) is 4. The van der Waals surface area contributed by atoms with Crippen molar-refractivity contribution in [2.75, 3.05) is 0 Å². The fourth-order valence-corrected chi connectivity index (χ4v) is 0.999. The highest BCUT2D eigenvalue weighted by molar-refractivity contribution is 6.02. The summed E-state index contributed by atoms with van der Waals surface area (Å²) in [4.78, 5) is 36.6. The Morgan fingerprint density at radius 1 is 1.19 bits per heavy atom. The third-order valence-electron chi connectivity index (χ3n) is 1.62. The molecule has 1 aromatic carbocycles. The Morgan fingerprint density at radius 3 is 2.25 bits per heavy atom. The first kappa shape index (κ1) is 11.5. The number of carboxylic acid groups (broad SMARTS) is 1. The van der Waals surface area contributed by atoms with Gasteiger partial charge < -0.3 is 15.7 Å². The summed E-state index contributed by atoms with van der Waals surface area (Å²) in [6, 6.07) is 4.37. The van der Waals surface area contributed by atoms with Gasteiger partial charge in [-0.1, -0.05) is 12.1 Å². The molecule has 0 aromatic heterocycles. The molecular formula is C9H8N2O5. The Labute approximate surface area is 89.8 Å². The molecule has 0 aliphatic rings. The summed E-state index contributed by atoms with van der Waals surface area (Å²) in [6.07, 6.45) is 0. The number of primary amides is 1. The highest BCUT2D eigenvalue weighted by atomic mass is 16.7. The molecule has 0 aliphatic heterocycles. The number of hydroxylamine groups is 1. The SMILES string of the molecule is NC(=O)NOC(=O)c1ccccc1C(=O)O. The van der Waals surface area contributed by atoms with Gasteiger partial charge >= 0.3 is 18.0 Å². The second kappa shape index (κ2) is 4.78. The van der Waals surface area contributed by atoms with Crippen molar-refractivity contribution in [1.29, 1.82) is 0 Å². The van der Waals surface area contributed by atoms with Crippen LogP contribution in [0.2, 0.25) is 0 Å². The van der Waals surface area contributed by atoms with Gasteiger partial charge in [-0.05, 0) is 12.1 Å². The lowest BCUT2D eigenvalue weighted by molar-refractivity contribution is 0.0330. The quantitative estimate of drug-likeness (QED) is 0.616. The molecule has 0 unspecified atom stereocenters. The maximum atomic E-state index is 11.3. The third kappa shape index (κ3) is 2.71. The van der Waals surface area contributed by atoms with E-state index < -0.39 is 18.0 Å². The van der Waals surface area contributed by atoms with Crippen molar-refractivity contribution in [1.82, 2.24) is 5.48 Å². The lowest BCUT2D eigenvalue weighted by Gasteiger charge is -2.05. The van der Waals surface area contributed by atoms with Crippen LogP contribution in [0.4, 0.5) is 4.79 Å². The standard InChI is InChI=1S/C9H8N2O5/c10-9(15)11-16-8(14)6-4-2-1-3-5(6)7(12)13/h1-4H,(H,12,13)(H3,10,11,15). The molecule has 0 spiro atoms. The van der Waals surface area contributed by atoms with Gasteiger partial charge in [-0.2, -0.15) is 5.48 Å². The molecule has 0 saturated heterocycles. The molecule has 4 N–H and O–H groups in total. The molecule has 0 radical (unpaired) electrons. The summed E-state index contributed by atoms with van der Waals surface area (Å²) in [5, 5.41) is 8.77. The van der Waals surface area contributed by atoms with Crippen LogP contribution >= 0.6 is 0 Å². The number of benzene rings is 1. The van der Waals surface area contributed by atoms with E-state index in [9.17, 15) is 14.4 Å². The van der Waals surface area contributed by atoms with Gasteiger partial charge in [0.1, 0.15) is 0 Å². The van der Waals surface area contributed by atoms with E-state index >= 15 is 0 Å². The fraction of sp³-hybridized carbons (Fsp3) is 0. The van der Waals surface area contributed by atoms with Gasteiger partial charge in [0.25, 0.3) is 0 Å². The topological polar surface area (TPSA) is 119 Å². The molecule has 0 aliphatic carbocycles. The van der Waals surface area contributed by atoms with Crippen molar-refractivity contribution in [3.05, 3.63) is 35.4 Å². The first-order valence-electron chi connectivity index (χ1n) is 4.11. The van der Waals surface area contributed by atoms with Gasteiger partial charge in [-0.3, -0.25) is 0 Å². The van der Waals surface area contributed by atoms with E-state index in [1.165, 1.54) is 24.3 Å². The predicted molar refractivity (Wildman–Crippen MR) is 51.5 cm³/mol. The van der Waals surface area contributed by atoms with Crippen LogP contribution in [0.3, 0.4) is 0 Å². The zero-order valence-corrected chi connectivity index (χ0v) is 7.97. The molecule has 0 heterocycles. The smallest absolute Gasteiger partial charge is 0.363 e. The Hall–Kier alpha value is -2.57. The number of rotatable bonds is 2. The Kier molecular flexibility index (Phi) is 3.44. The molecule has 16 heavy (non-hydrogen) atoms. The number of nitrogens with one attached hydrogen (secondary N) is 1. The summed E-state index contributed by atoms with van der Waals surface area (Å²) in [7, 11) is 0. The Balaban J connectivity index is 2.90. The molecular weight excluding hydrogens is 216 g/mol. The number of carbonyl (C=O) groups is 3. The molecule has 0 fully saturated rings. The molecule has 7 nitrogen and oxygen atoms in total. The van der Waals surface area contributed by atoms with Gasteiger partial charge in [-0.25, -0.2) is 14.4 Å². The van der Waals surface area contributed by atoms with Crippen LogP contribution in [0.25, 0.3) is 0 Å². The second-order valence-corrected chi connectivity index (χ2v) is 2.71. The molecule has 1 rings (SSSR count). The zero-order chi connectivity index (χ0) is 12.1. The molecule has 1 aromatic rings. The van der Waals surface area contributed by atoms with E-state index in [0.717, 1.165) is 0 Å². The van der Waals surface area contributed by atoms with Crippen molar-refractivity contribution < 1.29 is 24.3 Å². The van der Waals surface area contributed by atoms with Gasteiger partial charge in [0.05, 0.1) is 11.1 Å². The average molecular weight is 224 g/mol. The number of carbonyl (C=O) groups excluding carboxylic acids is 2. The first-order valence-corrected chi connectivity index (χ1v) is 4.11. The summed E-state index contributed by atoms with van der Waals surface area (Å²) < 4.78 is 0. The largest absolute Gasteiger partial charge is 0.478 e. The highest BCUT2D eigenvalue weighted by Gasteiger charge is 2.17. The van der Waals surface area contributed by atoms with E-state index in [0.29, 0.717) is 0 Å². The van der Waals surface area contributed by atoms with Gasteiger partial charge in [0.15, 0.2) is 0 Å². The molecule has 84 valence electrons. The number of nitrogens with two attached hydrogens (primary N) is 1. The van der Waals surface area contributed by atoms with Crippen molar-refractivity contribution in [3.63, 3.8) is 0 Å². The van der Waals surface area contributed by atoms with Crippen LogP contribution in [-0.2, 0) is 4.84 Å². The third-order valence-corrected chi connectivity index (χ3v) is 1.62. The monoisotopic (exact) mass is 224 g/mol. The minimum absolute atomic E-state index is 0.177. The van der Waals surface area contributed by atoms with Crippen LogP contribution in [0.1, 0.15) is 20.7 Å². The summed E-state index contributed by atoms with van der Waals surface area (Å²) >= 11 is 0. The number of amides is 2. The molecule has 0 saturated carbocycles. The van der Waals surface area contributed by atoms with Gasteiger partial charge in [0.2, 0.25) is 0 Å². The summed E-state index contributed by atoms with van der Waals surface area (Å²) in [5.41, 5.74) is 5.88. The molecule has 0 atom stereocenters.